The first-order valence-electron chi connectivity index (χ1n) is 8.17. The minimum Gasteiger partial charge on any atom is -0.460 e. The van der Waals surface area contributed by atoms with E-state index in [1.165, 1.54) is 12.1 Å². The molecule has 0 aliphatic carbocycles. The average Bonchev–Trinajstić information content (AvgIpc) is 3.04. The van der Waals surface area contributed by atoms with Crippen molar-refractivity contribution in [2.75, 3.05) is 6.54 Å². The Balaban J connectivity index is 2.01. The smallest absolute Gasteiger partial charge is 0.268 e. The summed E-state index contributed by atoms with van der Waals surface area (Å²) in [7, 11) is 0. The lowest BCUT2D eigenvalue weighted by Crippen LogP contribution is -2.29. The van der Waals surface area contributed by atoms with E-state index in [-0.39, 0.29) is 12.5 Å². The molecule has 2 heterocycles. The average molecular weight is 346 g/mol. The van der Waals surface area contributed by atoms with Crippen LogP contribution in [0.2, 0.25) is 0 Å². The molecule has 3 rings (SSSR count). The maximum Gasteiger partial charge on any atom is 0.268 e. The molecule has 1 aromatic carbocycles. The van der Waals surface area contributed by atoms with Gasteiger partial charge in [0.25, 0.3) is 5.91 Å². The van der Waals surface area contributed by atoms with Crippen LogP contribution in [0.4, 0.5) is 8.78 Å². The number of furan rings is 1. The van der Waals surface area contributed by atoms with Gasteiger partial charge < -0.3 is 14.3 Å². The van der Waals surface area contributed by atoms with Crippen molar-refractivity contribution in [3.8, 4) is 0 Å². The third-order valence-electron chi connectivity index (χ3n) is 3.96. The summed E-state index contributed by atoms with van der Waals surface area (Å²) in [6, 6.07) is 6.89. The van der Waals surface area contributed by atoms with Crippen LogP contribution in [0.3, 0.4) is 0 Å². The van der Waals surface area contributed by atoms with E-state index in [2.05, 4.69) is 5.32 Å². The van der Waals surface area contributed by atoms with E-state index in [1.54, 1.807) is 23.6 Å². The molecule has 0 bridgehead atoms. The number of fused-ring (bicyclic) bond motifs is 1. The van der Waals surface area contributed by atoms with E-state index in [1.807, 2.05) is 13.8 Å². The Hall–Kier alpha value is -2.63. The number of hydrogen-bond donors (Lipinski definition) is 1. The monoisotopic (exact) mass is 346 g/mol. The van der Waals surface area contributed by atoms with Gasteiger partial charge in [-0.05, 0) is 18.9 Å². The standard InChI is InChI=1S/C19H20F2N2O2/c1-11(2)9-22-19(24)17-8-18-16(6-12(3)25-18)23(17)10-13-4-5-14(20)7-15(13)21/h4-8,11H,9-10H2,1-3H3,(H,22,24). The van der Waals surface area contributed by atoms with Gasteiger partial charge in [0.1, 0.15) is 23.1 Å². The molecule has 0 saturated heterocycles. The van der Waals surface area contributed by atoms with Gasteiger partial charge in [-0.25, -0.2) is 8.78 Å². The molecule has 2 aromatic heterocycles. The number of benzene rings is 1. The van der Waals surface area contributed by atoms with Crippen molar-refractivity contribution in [1.29, 1.82) is 0 Å². The van der Waals surface area contributed by atoms with Crippen LogP contribution < -0.4 is 5.32 Å². The first-order valence-corrected chi connectivity index (χ1v) is 8.17. The molecule has 0 saturated carbocycles. The lowest BCUT2D eigenvalue weighted by Gasteiger charge is -2.12. The van der Waals surface area contributed by atoms with Gasteiger partial charge in [0.15, 0.2) is 5.58 Å². The molecule has 0 radical (unpaired) electrons. The first-order chi connectivity index (χ1) is 11.8. The van der Waals surface area contributed by atoms with Crippen molar-refractivity contribution in [2.24, 2.45) is 5.92 Å². The lowest BCUT2D eigenvalue weighted by molar-refractivity contribution is 0.0940. The molecule has 1 amide bonds. The van der Waals surface area contributed by atoms with E-state index < -0.39 is 11.6 Å². The summed E-state index contributed by atoms with van der Waals surface area (Å²) in [4.78, 5) is 12.5. The van der Waals surface area contributed by atoms with Gasteiger partial charge in [0.2, 0.25) is 0 Å². The number of rotatable bonds is 5. The highest BCUT2D eigenvalue weighted by Gasteiger charge is 2.19. The molecule has 0 fully saturated rings. The summed E-state index contributed by atoms with van der Waals surface area (Å²) in [5, 5.41) is 2.86. The topological polar surface area (TPSA) is 47.2 Å². The van der Waals surface area contributed by atoms with Crippen LogP contribution in [0.5, 0.6) is 0 Å². The summed E-state index contributed by atoms with van der Waals surface area (Å²) in [5.41, 5.74) is 1.96. The predicted molar refractivity (Wildman–Crippen MR) is 91.6 cm³/mol. The molecule has 0 atom stereocenters. The van der Waals surface area contributed by atoms with Crippen LogP contribution in [0.25, 0.3) is 11.1 Å². The Kier molecular flexibility index (Phi) is 4.61. The molecule has 0 unspecified atom stereocenters. The highest BCUT2D eigenvalue weighted by Crippen LogP contribution is 2.25. The maximum absolute atomic E-state index is 14.1. The number of carbonyl (C=O) groups excluding carboxylic acids is 1. The normalized spacial score (nSPS) is 11.4. The lowest BCUT2D eigenvalue weighted by atomic mass is 10.2. The Labute approximate surface area is 144 Å². The third kappa shape index (κ3) is 3.57. The summed E-state index contributed by atoms with van der Waals surface area (Å²) in [5.74, 6) is -0.511. The van der Waals surface area contributed by atoms with Gasteiger partial charge in [0.05, 0.1) is 12.1 Å². The Morgan fingerprint density at radius 3 is 2.68 bits per heavy atom. The fourth-order valence-corrected chi connectivity index (χ4v) is 2.73. The van der Waals surface area contributed by atoms with Crippen molar-refractivity contribution >= 4 is 17.0 Å². The molecule has 25 heavy (non-hydrogen) atoms. The number of nitrogens with one attached hydrogen (secondary N) is 1. The Morgan fingerprint density at radius 1 is 1.24 bits per heavy atom. The zero-order valence-corrected chi connectivity index (χ0v) is 14.4. The summed E-state index contributed by atoms with van der Waals surface area (Å²) >= 11 is 0. The summed E-state index contributed by atoms with van der Waals surface area (Å²) < 4.78 is 34.5. The fraction of sp³-hybridized carbons (Fsp3) is 0.316. The van der Waals surface area contributed by atoms with Crippen LogP contribution in [0.15, 0.2) is 34.7 Å². The quantitative estimate of drug-likeness (QED) is 0.750. The van der Waals surface area contributed by atoms with Crippen LogP contribution in [0, 0.1) is 24.5 Å². The molecule has 0 spiro atoms. The van der Waals surface area contributed by atoms with Crippen molar-refractivity contribution in [3.05, 3.63) is 59.0 Å². The van der Waals surface area contributed by atoms with E-state index in [0.29, 0.717) is 40.6 Å². The fourth-order valence-electron chi connectivity index (χ4n) is 2.73. The molecule has 0 aliphatic heterocycles. The molecule has 0 aliphatic rings. The van der Waals surface area contributed by atoms with E-state index >= 15 is 0 Å². The zero-order valence-electron chi connectivity index (χ0n) is 14.4. The second-order valence-electron chi connectivity index (χ2n) is 6.56. The van der Waals surface area contributed by atoms with Crippen LogP contribution in [-0.4, -0.2) is 17.0 Å². The van der Waals surface area contributed by atoms with E-state index in [9.17, 15) is 13.6 Å². The highest BCUT2D eigenvalue weighted by molar-refractivity contribution is 5.97. The molecule has 132 valence electrons. The molecule has 6 heteroatoms. The van der Waals surface area contributed by atoms with Gasteiger partial charge >= 0.3 is 0 Å². The van der Waals surface area contributed by atoms with Gasteiger partial charge in [-0.1, -0.05) is 19.9 Å². The highest BCUT2D eigenvalue weighted by atomic mass is 19.1. The molecule has 1 N–H and O–H groups in total. The minimum atomic E-state index is -0.643. The molecule has 4 nitrogen and oxygen atoms in total. The van der Waals surface area contributed by atoms with Crippen LogP contribution >= 0.6 is 0 Å². The van der Waals surface area contributed by atoms with E-state index in [0.717, 1.165) is 6.07 Å². The van der Waals surface area contributed by atoms with Crippen molar-refractivity contribution < 1.29 is 18.0 Å². The van der Waals surface area contributed by atoms with Gasteiger partial charge in [-0.2, -0.15) is 0 Å². The van der Waals surface area contributed by atoms with Crippen LogP contribution in [0.1, 0.15) is 35.7 Å². The number of aryl methyl sites for hydroxylation is 1. The molecule has 3 aromatic rings. The number of hydrogen-bond acceptors (Lipinski definition) is 2. The minimum absolute atomic E-state index is 0.110. The van der Waals surface area contributed by atoms with E-state index in [4.69, 9.17) is 4.42 Å². The van der Waals surface area contributed by atoms with Crippen molar-refractivity contribution in [3.63, 3.8) is 0 Å². The first kappa shape index (κ1) is 17.2. The largest absolute Gasteiger partial charge is 0.460 e. The molecular weight excluding hydrogens is 326 g/mol. The predicted octanol–water partition coefficient (Wildman–Crippen LogP) is 4.26. The SMILES string of the molecule is Cc1cc2c(cc(C(=O)NCC(C)C)n2Cc2ccc(F)cc2F)o1. The number of nitrogens with zero attached hydrogens (tertiary/aromatic N) is 1. The zero-order chi connectivity index (χ0) is 18.1. The Morgan fingerprint density at radius 2 is 2.00 bits per heavy atom. The second kappa shape index (κ2) is 6.70. The van der Waals surface area contributed by atoms with Gasteiger partial charge in [-0.3, -0.25) is 4.79 Å². The number of halogens is 2. The van der Waals surface area contributed by atoms with Crippen molar-refractivity contribution in [1.82, 2.24) is 9.88 Å². The number of aromatic nitrogens is 1. The number of amides is 1. The second-order valence-corrected chi connectivity index (χ2v) is 6.56. The maximum atomic E-state index is 14.1. The summed E-state index contributed by atoms with van der Waals surface area (Å²) in [6.45, 7) is 6.46. The number of carbonyl (C=O) groups is 1. The van der Waals surface area contributed by atoms with Gasteiger partial charge in [-0.15, -0.1) is 0 Å². The van der Waals surface area contributed by atoms with Gasteiger partial charge in [0, 0.05) is 30.3 Å². The van der Waals surface area contributed by atoms with Crippen molar-refractivity contribution in [2.45, 2.75) is 27.3 Å². The Bertz CT molecular complexity index is 925. The third-order valence-corrected chi connectivity index (χ3v) is 3.96. The summed E-state index contributed by atoms with van der Waals surface area (Å²) in [6.07, 6.45) is 0. The molecular formula is C19H20F2N2O2. The van der Waals surface area contributed by atoms with Crippen LogP contribution in [-0.2, 0) is 6.54 Å².